The van der Waals surface area contributed by atoms with E-state index in [1.54, 1.807) is 12.1 Å². The fourth-order valence-corrected chi connectivity index (χ4v) is 2.16. The Morgan fingerprint density at radius 1 is 0.950 bits per heavy atom. The van der Waals surface area contributed by atoms with Crippen LogP contribution < -0.4 is 0 Å². The van der Waals surface area contributed by atoms with Gasteiger partial charge in [-0.05, 0) is 41.2 Å². The van der Waals surface area contributed by atoms with Crippen molar-refractivity contribution in [1.29, 1.82) is 0 Å². The van der Waals surface area contributed by atoms with E-state index >= 15 is 0 Å². The fraction of sp³-hybridized carbons (Fsp3) is 0.278. The van der Waals surface area contributed by atoms with Crippen molar-refractivity contribution < 1.29 is 9.90 Å². The van der Waals surface area contributed by atoms with Crippen molar-refractivity contribution in [2.45, 2.75) is 33.1 Å². The molecule has 104 valence electrons. The first-order valence-corrected chi connectivity index (χ1v) is 6.74. The first kappa shape index (κ1) is 14.3. The van der Waals surface area contributed by atoms with Crippen LogP contribution in [0, 0.1) is 0 Å². The average Bonchev–Trinajstić information content (AvgIpc) is 2.38. The summed E-state index contributed by atoms with van der Waals surface area (Å²) in [5.41, 5.74) is 3.74. The van der Waals surface area contributed by atoms with Gasteiger partial charge in [0, 0.05) is 0 Å². The molecule has 0 aliphatic carbocycles. The second kappa shape index (κ2) is 5.12. The molecule has 1 N–H and O–H groups in total. The van der Waals surface area contributed by atoms with Crippen LogP contribution in [0.1, 0.15) is 43.6 Å². The molecule has 0 aromatic heterocycles. The number of phenolic OH excluding ortho intramolecular Hbond substituents is 1. The van der Waals surface area contributed by atoms with Crippen molar-refractivity contribution in [3.05, 3.63) is 53.6 Å². The van der Waals surface area contributed by atoms with E-state index in [0.29, 0.717) is 5.56 Å². The number of rotatable bonds is 2. The zero-order valence-electron chi connectivity index (χ0n) is 12.4. The molecule has 0 saturated carbocycles. The lowest BCUT2D eigenvalue weighted by atomic mass is 9.86. The van der Waals surface area contributed by atoms with Gasteiger partial charge in [-0.15, -0.1) is 0 Å². The molecule has 2 aromatic rings. The third kappa shape index (κ3) is 2.90. The quantitative estimate of drug-likeness (QED) is 0.811. The number of benzene rings is 2. The van der Waals surface area contributed by atoms with Crippen LogP contribution in [0.3, 0.4) is 0 Å². The maximum absolute atomic E-state index is 11.5. The lowest BCUT2D eigenvalue weighted by molar-refractivity contribution is 0.101. The Bertz CT molecular complexity index is 631. The summed E-state index contributed by atoms with van der Waals surface area (Å²) >= 11 is 0. The van der Waals surface area contributed by atoms with Crippen molar-refractivity contribution in [3.63, 3.8) is 0 Å². The van der Waals surface area contributed by atoms with Gasteiger partial charge in [0.25, 0.3) is 0 Å². The van der Waals surface area contributed by atoms with Crippen LogP contribution in [-0.2, 0) is 5.41 Å². The Morgan fingerprint density at radius 3 is 2.00 bits per heavy atom. The Labute approximate surface area is 120 Å². The summed E-state index contributed by atoms with van der Waals surface area (Å²) in [4.78, 5) is 11.5. The maximum Gasteiger partial charge on any atom is 0.163 e. The number of hydrogen-bond acceptors (Lipinski definition) is 2. The van der Waals surface area contributed by atoms with Gasteiger partial charge < -0.3 is 5.11 Å². The molecule has 0 heterocycles. The molecular weight excluding hydrogens is 248 g/mol. The van der Waals surface area contributed by atoms with Gasteiger partial charge in [0.1, 0.15) is 5.75 Å². The molecule has 0 amide bonds. The van der Waals surface area contributed by atoms with E-state index in [2.05, 4.69) is 45.0 Å². The molecule has 0 atom stereocenters. The van der Waals surface area contributed by atoms with Crippen LogP contribution in [0.15, 0.2) is 42.5 Å². The largest absolute Gasteiger partial charge is 0.507 e. The minimum atomic E-state index is -0.129. The summed E-state index contributed by atoms with van der Waals surface area (Å²) in [5.74, 6) is -0.0942. The Hall–Kier alpha value is -2.09. The number of aromatic hydroxyl groups is 1. The summed E-state index contributed by atoms with van der Waals surface area (Å²) in [7, 11) is 0. The summed E-state index contributed by atoms with van der Waals surface area (Å²) < 4.78 is 0. The molecule has 0 fully saturated rings. The minimum Gasteiger partial charge on any atom is -0.507 e. The number of carbonyl (C=O) groups excluding carboxylic acids is 1. The second-order valence-electron chi connectivity index (χ2n) is 6.12. The van der Waals surface area contributed by atoms with E-state index in [4.69, 9.17) is 0 Å². The van der Waals surface area contributed by atoms with Gasteiger partial charge in [-0.25, -0.2) is 0 Å². The summed E-state index contributed by atoms with van der Waals surface area (Å²) in [6.45, 7) is 7.99. The molecule has 2 aromatic carbocycles. The van der Waals surface area contributed by atoms with Crippen LogP contribution in [0.25, 0.3) is 11.1 Å². The van der Waals surface area contributed by atoms with Gasteiger partial charge in [-0.2, -0.15) is 0 Å². The molecule has 0 radical (unpaired) electrons. The van der Waals surface area contributed by atoms with Crippen molar-refractivity contribution in [2.75, 3.05) is 0 Å². The molecule has 0 aliphatic heterocycles. The van der Waals surface area contributed by atoms with E-state index in [0.717, 1.165) is 11.1 Å². The van der Waals surface area contributed by atoms with E-state index in [1.165, 1.54) is 12.5 Å². The molecular formula is C18H20O2. The van der Waals surface area contributed by atoms with Crippen LogP contribution in [0.2, 0.25) is 0 Å². The van der Waals surface area contributed by atoms with Crippen LogP contribution >= 0.6 is 0 Å². The predicted octanol–water partition coefficient (Wildman–Crippen LogP) is 4.56. The standard InChI is InChI=1S/C18H20O2/c1-12(19)16-11-14(7-10-17(16)20)13-5-8-15(9-6-13)18(2,3)4/h5-11,20H,1-4H3. The first-order chi connectivity index (χ1) is 9.29. The van der Waals surface area contributed by atoms with Crippen molar-refractivity contribution in [1.82, 2.24) is 0 Å². The summed E-state index contributed by atoms with van der Waals surface area (Å²) in [6, 6.07) is 13.5. The van der Waals surface area contributed by atoms with Crippen molar-refractivity contribution in [3.8, 4) is 16.9 Å². The van der Waals surface area contributed by atoms with Gasteiger partial charge in [0.15, 0.2) is 5.78 Å². The lowest BCUT2D eigenvalue weighted by Crippen LogP contribution is -2.10. The summed E-state index contributed by atoms with van der Waals surface area (Å²) in [5, 5.41) is 9.68. The number of phenols is 1. The third-order valence-corrected chi connectivity index (χ3v) is 3.46. The molecule has 2 heteroatoms. The highest BCUT2D eigenvalue weighted by Gasteiger charge is 2.13. The van der Waals surface area contributed by atoms with Crippen molar-refractivity contribution >= 4 is 5.78 Å². The summed E-state index contributed by atoms with van der Waals surface area (Å²) in [6.07, 6.45) is 0. The Kier molecular flexibility index (Phi) is 3.67. The lowest BCUT2D eigenvalue weighted by Gasteiger charge is -2.19. The average molecular weight is 268 g/mol. The van der Waals surface area contributed by atoms with Gasteiger partial charge in [0.05, 0.1) is 5.56 Å². The number of Topliss-reactive ketones (excluding diaryl/α,β-unsaturated/α-hetero) is 1. The molecule has 2 nitrogen and oxygen atoms in total. The topological polar surface area (TPSA) is 37.3 Å². The van der Waals surface area contributed by atoms with E-state index in [9.17, 15) is 9.90 Å². The zero-order chi connectivity index (χ0) is 14.9. The smallest absolute Gasteiger partial charge is 0.163 e. The zero-order valence-corrected chi connectivity index (χ0v) is 12.4. The van der Waals surface area contributed by atoms with E-state index in [-0.39, 0.29) is 16.9 Å². The highest BCUT2D eigenvalue weighted by atomic mass is 16.3. The van der Waals surface area contributed by atoms with E-state index < -0.39 is 0 Å². The molecule has 0 spiro atoms. The first-order valence-electron chi connectivity index (χ1n) is 6.74. The monoisotopic (exact) mass is 268 g/mol. The number of hydrogen-bond donors (Lipinski definition) is 1. The molecule has 0 bridgehead atoms. The number of carbonyl (C=O) groups is 1. The Balaban J connectivity index is 2.42. The van der Waals surface area contributed by atoms with Crippen LogP contribution in [-0.4, -0.2) is 10.9 Å². The van der Waals surface area contributed by atoms with Gasteiger partial charge in [-0.1, -0.05) is 51.1 Å². The van der Waals surface area contributed by atoms with Gasteiger partial charge in [0.2, 0.25) is 0 Å². The molecule has 0 aliphatic rings. The molecule has 0 saturated heterocycles. The molecule has 2 rings (SSSR count). The van der Waals surface area contributed by atoms with E-state index in [1.807, 2.05) is 6.07 Å². The molecule has 0 unspecified atom stereocenters. The highest BCUT2D eigenvalue weighted by molar-refractivity contribution is 5.98. The SMILES string of the molecule is CC(=O)c1cc(-c2ccc(C(C)(C)C)cc2)ccc1O. The van der Waals surface area contributed by atoms with Gasteiger partial charge >= 0.3 is 0 Å². The van der Waals surface area contributed by atoms with Crippen LogP contribution in [0.5, 0.6) is 5.75 Å². The Morgan fingerprint density at radius 2 is 1.50 bits per heavy atom. The normalized spacial score (nSPS) is 11.4. The number of ketones is 1. The van der Waals surface area contributed by atoms with Gasteiger partial charge in [-0.3, -0.25) is 4.79 Å². The predicted molar refractivity (Wildman–Crippen MR) is 82.2 cm³/mol. The third-order valence-electron chi connectivity index (χ3n) is 3.46. The van der Waals surface area contributed by atoms with Crippen molar-refractivity contribution in [2.24, 2.45) is 0 Å². The molecule has 20 heavy (non-hydrogen) atoms. The fourth-order valence-electron chi connectivity index (χ4n) is 2.16. The maximum atomic E-state index is 11.5. The highest BCUT2D eigenvalue weighted by Crippen LogP contribution is 2.29. The van der Waals surface area contributed by atoms with Crippen LogP contribution in [0.4, 0.5) is 0 Å². The second-order valence-corrected chi connectivity index (χ2v) is 6.12. The minimum absolute atomic E-state index is 0.0348.